The Bertz CT molecular complexity index is 1210. The van der Waals surface area contributed by atoms with Crippen molar-refractivity contribution in [2.45, 2.75) is 18.5 Å². The zero-order valence-electron chi connectivity index (χ0n) is 19.0. The van der Waals surface area contributed by atoms with Gasteiger partial charge >= 0.3 is 17.9 Å². The number of nitrogens with zero attached hydrogens (tertiary/aromatic N) is 1. The van der Waals surface area contributed by atoms with Gasteiger partial charge in [-0.05, 0) is 24.3 Å². The molecule has 36 heavy (non-hydrogen) atoms. The Balaban J connectivity index is 1.58. The van der Waals surface area contributed by atoms with Gasteiger partial charge in [0.05, 0.1) is 13.2 Å². The third-order valence-corrected chi connectivity index (χ3v) is 5.36. The van der Waals surface area contributed by atoms with Crippen LogP contribution in [0.25, 0.3) is 0 Å². The third-order valence-electron chi connectivity index (χ3n) is 5.36. The number of aliphatic carboxylic acids is 2. The zero-order chi connectivity index (χ0) is 26.4. The van der Waals surface area contributed by atoms with E-state index in [1.54, 1.807) is 12.1 Å². The summed E-state index contributed by atoms with van der Waals surface area (Å²) < 4.78 is 4.39. The van der Waals surface area contributed by atoms with Crippen LogP contribution in [0.4, 0.5) is 23.1 Å². The molecule has 3 atom stereocenters. The number of carbonyl (C=O) groups excluding carboxylic acids is 2. The molecule has 1 amide bonds. The molecule has 2 aromatic rings. The number of fused-ring (bicyclic) bond motifs is 1. The van der Waals surface area contributed by atoms with Crippen LogP contribution in [0.1, 0.15) is 16.8 Å². The molecule has 0 aliphatic carbocycles. The van der Waals surface area contributed by atoms with Crippen molar-refractivity contribution >= 4 is 47.0 Å². The highest BCUT2D eigenvalue weighted by Crippen LogP contribution is 2.20. The van der Waals surface area contributed by atoms with E-state index < -0.39 is 47.8 Å². The second kappa shape index (κ2) is 11.1. The Labute approximate surface area is 203 Å². The van der Waals surface area contributed by atoms with Gasteiger partial charge in [0.1, 0.15) is 11.7 Å². The first kappa shape index (κ1) is 25.8. The number of ether oxygens (including phenoxy) is 1. The first-order chi connectivity index (χ1) is 17.1. The molecule has 0 saturated carbocycles. The third kappa shape index (κ3) is 6.19. The molecule has 3 rings (SSSR count). The monoisotopic (exact) mass is 503 g/mol. The summed E-state index contributed by atoms with van der Waals surface area (Å²) in [5.74, 6) is -6.31. The lowest BCUT2D eigenvalue weighted by molar-refractivity contribution is -0.157. The van der Waals surface area contributed by atoms with Crippen LogP contribution in [0.2, 0.25) is 0 Å². The first-order valence-electron chi connectivity index (χ1n) is 10.7. The number of amides is 1. The Morgan fingerprint density at radius 2 is 1.89 bits per heavy atom. The van der Waals surface area contributed by atoms with Crippen LogP contribution in [0.15, 0.2) is 29.1 Å². The van der Waals surface area contributed by atoms with Crippen LogP contribution in [0.3, 0.4) is 0 Å². The molecule has 3 unspecified atom stereocenters. The van der Waals surface area contributed by atoms with Crippen LogP contribution in [-0.4, -0.2) is 76.3 Å². The molecule has 0 radical (unpaired) electrons. The number of anilines is 4. The lowest BCUT2D eigenvalue weighted by atomic mass is 9.99. The van der Waals surface area contributed by atoms with Gasteiger partial charge in [0.15, 0.2) is 11.7 Å². The molecule has 15 heteroatoms. The molecule has 1 aromatic carbocycles. The van der Waals surface area contributed by atoms with E-state index in [2.05, 4.69) is 36.0 Å². The Morgan fingerprint density at radius 3 is 2.50 bits per heavy atom. The molecule has 15 nitrogen and oxygen atoms in total. The first-order valence-corrected chi connectivity index (χ1v) is 10.7. The standard InChI is InChI=1S/C21H25N7O8/c1-36-20(35)12(18(31)32)6-13(19(33)34)26-16(29)9-2-4-10(5-3-9)23-7-11-8-24-15-14(25-11)17(30)28-21(22)27-15/h2-5,11-13,23,25H,6-8H2,1H3,(H,26,29)(H,31,32)(H,33,34)(H4,22,24,27,28,30). The summed E-state index contributed by atoms with van der Waals surface area (Å²) in [4.78, 5) is 65.4. The molecule has 0 saturated heterocycles. The molecule has 1 aliphatic rings. The van der Waals surface area contributed by atoms with Gasteiger partial charge in [0.2, 0.25) is 5.95 Å². The largest absolute Gasteiger partial charge is 0.481 e. The second-order valence-electron chi connectivity index (χ2n) is 7.87. The molecule has 1 aromatic heterocycles. The molecule has 0 fully saturated rings. The quantitative estimate of drug-likeness (QED) is 0.145. The molecular formula is C21H25N7O8. The van der Waals surface area contributed by atoms with E-state index in [1.165, 1.54) is 12.1 Å². The minimum atomic E-state index is -1.75. The fraction of sp³-hybridized carbons (Fsp3) is 0.333. The lowest BCUT2D eigenvalue weighted by Crippen LogP contribution is -2.44. The van der Waals surface area contributed by atoms with E-state index in [9.17, 15) is 29.1 Å². The van der Waals surface area contributed by atoms with Gasteiger partial charge < -0.3 is 42.0 Å². The van der Waals surface area contributed by atoms with Crippen molar-refractivity contribution in [3.05, 3.63) is 40.2 Å². The number of carbonyl (C=O) groups is 4. The Kier molecular flexibility index (Phi) is 7.93. The molecule has 1 aliphatic heterocycles. The van der Waals surface area contributed by atoms with E-state index in [-0.39, 0.29) is 23.2 Å². The maximum Gasteiger partial charge on any atom is 0.326 e. The number of rotatable bonds is 10. The number of nitrogen functional groups attached to an aromatic ring is 1. The second-order valence-corrected chi connectivity index (χ2v) is 7.87. The summed E-state index contributed by atoms with van der Waals surface area (Å²) in [6, 6.07) is 4.29. The van der Waals surface area contributed by atoms with Crippen molar-refractivity contribution in [2.75, 3.05) is 41.9 Å². The van der Waals surface area contributed by atoms with Gasteiger partial charge in [-0.3, -0.25) is 24.2 Å². The van der Waals surface area contributed by atoms with Gasteiger partial charge in [-0.2, -0.15) is 4.98 Å². The van der Waals surface area contributed by atoms with Crippen LogP contribution in [-0.2, 0) is 19.1 Å². The van der Waals surface area contributed by atoms with Crippen molar-refractivity contribution in [3.63, 3.8) is 0 Å². The highest BCUT2D eigenvalue weighted by atomic mass is 16.5. The Hall–Kier alpha value is -4.82. The van der Waals surface area contributed by atoms with Crippen LogP contribution < -0.4 is 32.6 Å². The molecule has 2 heterocycles. The van der Waals surface area contributed by atoms with Gasteiger partial charge in [0.25, 0.3) is 11.5 Å². The highest BCUT2D eigenvalue weighted by molar-refractivity contribution is 5.98. The lowest BCUT2D eigenvalue weighted by Gasteiger charge is -2.27. The zero-order valence-corrected chi connectivity index (χ0v) is 19.0. The van der Waals surface area contributed by atoms with Crippen molar-refractivity contribution in [2.24, 2.45) is 5.92 Å². The summed E-state index contributed by atoms with van der Waals surface area (Å²) in [7, 11) is 0.981. The van der Waals surface area contributed by atoms with Gasteiger partial charge in [-0.25, -0.2) is 4.79 Å². The number of hydrogen-bond acceptors (Lipinski definition) is 11. The predicted molar refractivity (Wildman–Crippen MR) is 127 cm³/mol. The fourth-order valence-electron chi connectivity index (χ4n) is 3.47. The van der Waals surface area contributed by atoms with Crippen molar-refractivity contribution in [1.29, 1.82) is 0 Å². The normalized spacial score (nSPS) is 15.8. The summed E-state index contributed by atoms with van der Waals surface area (Å²) in [5.41, 5.74) is 6.18. The molecule has 9 N–H and O–H groups in total. The minimum absolute atomic E-state index is 0.00796. The van der Waals surface area contributed by atoms with E-state index >= 15 is 0 Å². The number of carboxylic acids is 2. The van der Waals surface area contributed by atoms with E-state index in [0.717, 1.165) is 7.11 Å². The fourth-order valence-corrected chi connectivity index (χ4v) is 3.47. The number of esters is 1. The average molecular weight is 503 g/mol. The maximum atomic E-state index is 12.5. The number of hydrogen-bond donors (Lipinski definition) is 8. The number of aromatic amines is 1. The van der Waals surface area contributed by atoms with Gasteiger partial charge in [0, 0.05) is 30.8 Å². The van der Waals surface area contributed by atoms with Gasteiger partial charge in [-0.15, -0.1) is 0 Å². The number of benzene rings is 1. The molecule has 192 valence electrons. The topological polar surface area (TPSA) is 238 Å². The maximum absolute atomic E-state index is 12.5. The van der Waals surface area contributed by atoms with E-state index in [1.807, 2.05) is 0 Å². The van der Waals surface area contributed by atoms with E-state index in [4.69, 9.17) is 10.8 Å². The molecule has 0 spiro atoms. The summed E-state index contributed by atoms with van der Waals surface area (Å²) in [5, 5.41) is 30.0. The number of carboxylic acid groups (broad SMARTS) is 2. The van der Waals surface area contributed by atoms with Crippen molar-refractivity contribution < 1.29 is 34.1 Å². The number of nitrogens with one attached hydrogen (secondary N) is 5. The van der Waals surface area contributed by atoms with Crippen LogP contribution in [0, 0.1) is 5.92 Å². The van der Waals surface area contributed by atoms with E-state index in [0.29, 0.717) is 24.6 Å². The molecular weight excluding hydrogens is 478 g/mol. The number of H-pyrrole nitrogens is 1. The number of aromatic nitrogens is 2. The summed E-state index contributed by atoms with van der Waals surface area (Å²) in [6.07, 6.45) is -0.681. The summed E-state index contributed by atoms with van der Waals surface area (Å²) >= 11 is 0. The summed E-state index contributed by atoms with van der Waals surface area (Å²) in [6.45, 7) is 0.878. The van der Waals surface area contributed by atoms with Crippen LogP contribution >= 0.6 is 0 Å². The van der Waals surface area contributed by atoms with Gasteiger partial charge in [-0.1, -0.05) is 0 Å². The number of methoxy groups -OCH3 is 1. The Morgan fingerprint density at radius 1 is 1.19 bits per heavy atom. The molecule has 0 bridgehead atoms. The highest BCUT2D eigenvalue weighted by Gasteiger charge is 2.34. The average Bonchev–Trinajstić information content (AvgIpc) is 2.84. The van der Waals surface area contributed by atoms with Crippen molar-refractivity contribution in [3.8, 4) is 0 Å². The van der Waals surface area contributed by atoms with Crippen LogP contribution in [0.5, 0.6) is 0 Å². The smallest absolute Gasteiger partial charge is 0.326 e. The minimum Gasteiger partial charge on any atom is -0.481 e. The predicted octanol–water partition coefficient (Wildman–Crippen LogP) is -0.883. The number of nitrogens with two attached hydrogens (primary N) is 1. The SMILES string of the molecule is COC(=O)C(CC(NC(=O)c1ccc(NCC2CNc3nc(N)[nH]c(=O)c3N2)cc1)C(=O)O)C(=O)O. The van der Waals surface area contributed by atoms with Crippen molar-refractivity contribution in [1.82, 2.24) is 15.3 Å².